The fourth-order valence-electron chi connectivity index (χ4n) is 1.19. The van der Waals surface area contributed by atoms with Crippen molar-refractivity contribution in [1.82, 2.24) is 10.3 Å². The van der Waals surface area contributed by atoms with Gasteiger partial charge in [-0.3, -0.25) is 4.79 Å². The van der Waals surface area contributed by atoms with E-state index in [4.69, 9.17) is 5.11 Å². The van der Waals surface area contributed by atoms with E-state index in [1.54, 1.807) is 20.8 Å². The average Bonchev–Trinajstić information content (AvgIpc) is 2.59. The van der Waals surface area contributed by atoms with E-state index in [1.807, 2.05) is 0 Å². The van der Waals surface area contributed by atoms with Crippen LogP contribution >= 0.6 is 11.3 Å². The largest absolute Gasteiger partial charge is 0.480 e. The molecule has 0 bridgehead atoms. The second-order valence-corrected chi connectivity index (χ2v) is 5.01. The number of carboxylic acid groups (broad SMARTS) is 1. The van der Waals surface area contributed by atoms with Gasteiger partial charge in [-0.2, -0.15) is 0 Å². The minimum absolute atomic E-state index is 0.157. The van der Waals surface area contributed by atoms with Crippen molar-refractivity contribution in [2.75, 3.05) is 0 Å². The molecule has 0 aliphatic rings. The Balaban J connectivity index is 2.73. The quantitative estimate of drug-likeness (QED) is 0.833. The SMILES string of the molecule is Cc1ncc(C(=O)NC(C(=O)O)C(C)C)s1. The third-order valence-corrected chi connectivity index (χ3v) is 2.98. The van der Waals surface area contributed by atoms with Gasteiger partial charge >= 0.3 is 5.97 Å². The van der Waals surface area contributed by atoms with Gasteiger partial charge in [0.15, 0.2) is 0 Å². The number of carboxylic acids is 1. The van der Waals surface area contributed by atoms with Crippen molar-refractivity contribution in [1.29, 1.82) is 0 Å². The number of aromatic nitrogens is 1. The maximum absolute atomic E-state index is 11.7. The number of nitrogens with one attached hydrogen (secondary N) is 1. The molecule has 0 saturated carbocycles. The normalized spacial score (nSPS) is 12.5. The van der Waals surface area contributed by atoms with Crippen LogP contribution in [0, 0.1) is 12.8 Å². The number of hydrogen-bond acceptors (Lipinski definition) is 4. The Kier molecular flexibility index (Phi) is 4.00. The molecule has 0 spiro atoms. The highest BCUT2D eigenvalue weighted by Crippen LogP contribution is 2.12. The van der Waals surface area contributed by atoms with Crippen LogP contribution < -0.4 is 5.32 Å². The fraction of sp³-hybridized carbons (Fsp3) is 0.500. The summed E-state index contributed by atoms with van der Waals surface area (Å²) in [5.74, 6) is -1.56. The second kappa shape index (κ2) is 5.07. The number of aryl methyl sites for hydroxylation is 1. The first kappa shape index (κ1) is 12.6. The molecule has 0 radical (unpaired) electrons. The van der Waals surface area contributed by atoms with Gasteiger partial charge in [0.1, 0.15) is 10.9 Å². The molecule has 5 nitrogen and oxygen atoms in total. The van der Waals surface area contributed by atoms with E-state index in [2.05, 4.69) is 10.3 Å². The van der Waals surface area contributed by atoms with Gasteiger partial charge in [0.25, 0.3) is 5.91 Å². The van der Waals surface area contributed by atoms with Gasteiger partial charge in [-0.1, -0.05) is 13.8 Å². The zero-order valence-corrected chi connectivity index (χ0v) is 10.2. The monoisotopic (exact) mass is 242 g/mol. The summed E-state index contributed by atoms with van der Waals surface area (Å²) in [5, 5.41) is 12.2. The Morgan fingerprint density at radius 3 is 2.50 bits per heavy atom. The molecule has 1 amide bonds. The number of nitrogens with zero attached hydrogens (tertiary/aromatic N) is 1. The third kappa shape index (κ3) is 3.03. The standard InChI is InChI=1S/C10H14N2O3S/c1-5(2)8(10(14)15)12-9(13)7-4-11-6(3)16-7/h4-5,8H,1-3H3,(H,12,13)(H,14,15). The van der Waals surface area contributed by atoms with E-state index in [0.717, 1.165) is 5.01 Å². The predicted molar refractivity (Wildman–Crippen MR) is 60.6 cm³/mol. The second-order valence-electron chi connectivity index (χ2n) is 3.78. The number of rotatable bonds is 4. The zero-order chi connectivity index (χ0) is 12.3. The molecule has 0 aliphatic carbocycles. The van der Waals surface area contributed by atoms with Gasteiger partial charge in [-0.25, -0.2) is 9.78 Å². The lowest BCUT2D eigenvalue weighted by Crippen LogP contribution is -2.44. The Morgan fingerprint density at radius 1 is 1.50 bits per heavy atom. The summed E-state index contributed by atoms with van der Waals surface area (Å²) in [7, 11) is 0. The van der Waals surface area contributed by atoms with Crippen LogP contribution in [0.4, 0.5) is 0 Å². The van der Waals surface area contributed by atoms with E-state index in [0.29, 0.717) is 4.88 Å². The van der Waals surface area contributed by atoms with E-state index in [-0.39, 0.29) is 11.8 Å². The zero-order valence-electron chi connectivity index (χ0n) is 9.35. The molecular formula is C10H14N2O3S. The molecule has 2 N–H and O–H groups in total. The van der Waals surface area contributed by atoms with Crippen molar-refractivity contribution in [2.24, 2.45) is 5.92 Å². The number of amides is 1. The van der Waals surface area contributed by atoms with E-state index in [9.17, 15) is 9.59 Å². The summed E-state index contributed by atoms with van der Waals surface area (Å²) >= 11 is 1.25. The van der Waals surface area contributed by atoms with Gasteiger partial charge in [-0.15, -0.1) is 11.3 Å². The fourth-order valence-corrected chi connectivity index (χ4v) is 1.87. The van der Waals surface area contributed by atoms with Gasteiger partial charge in [0, 0.05) is 0 Å². The first-order valence-corrected chi connectivity index (χ1v) is 5.69. The van der Waals surface area contributed by atoms with Crippen molar-refractivity contribution >= 4 is 23.2 Å². The van der Waals surface area contributed by atoms with Crippen molar-refractivity contribution in [3.8, 4) is 0 Å². The van der Waals surface area contributed by atoms with Crippen molar-refractivity contribution < 1.29 is 14.7 Å². The minimum atomic E-state index is -1.02. The molecule has 88 valence electrons. The van der Waals surface area contributed by atoms with Crippen LogP contribution in [0.1, 0.15) is 28.5 Å². The highest BCUT2D eigenvalue weighted by atomic mass is 32.1. The molecule has 0 saturated heterocycles. The van der Waals surface area contributed by atoms with Crippen LogP contribution in [0.25, 0.3) is 0 Å². The molecule has 1 atom stereocenters. The topological polar surface area (TPSA) is 79.3 Å². The van der Waals surface area contributed by atoms with E-state index >= 15 is 0 Å². The van der Waals surface area contributed by atoms with Crippen LogP contribution in [0.15, 0.2) is 6.20 Å². The van der Waals surface area contributed by atoms with Crippen LogP contribution in [0.5, 0.6) is 0 Å². The molecule has 1 unspecified atom stereocenters. The minimum Gasteiger partial charge on any atom is -0.480 e. The molecule has 6 heteroatoms. The summed E-state index contributed by atoms with van der Waals surface area (Å²) in [6.45, 7) is 5.28. The first-order chi connectivity index (χ1) is 7.41. The first-order valence-electron chi connectivity index (χ1n) is 4.88. The summed E-state index contributed by atoms with van der Waals surface area (Å²) in [6.07, 6.45) is 1.45. The molecule has 1 rings (SSSR count). The average molecular weight is 242 g/mol. The molecular weight excluding hydrogens is 228 g/mol. The lowest BCUT2D eigenvalue weighted by Gasteiger charge is -2.16. The Hall–Kier alpha value is -1.43. The summed E-state index contributed by atoms with van der Waals surface area (Å²) in [5.41, 5.74) is 0. The Bertz CT molecular complexity index is 401. The van der Waals surface area contributed by atoms with Crippen molar-refractivity contribution in [2.45, 2.75) is 26.8 Å². The van der Waals surface area contributed by atoms with Crippen LogP contribution in [0.3, 0.4) is 0 Å². The number of carbonyl (C=O) groups is 2. The smallest absolute Gasteiger partial charge is 0.326 e. The van der Waals surface area contributed by atoms with Gasteiger partial charge in [0.05, 0.1) is 11.2 Å². The lowest BCUT2D eigenvalue weighted by molar-refractivity contribution is -0.140. The van der Waals surface area contributed by atoms with Gasteiger partial charge in [0.2, 0.25) is 0 Å². The number of hydrogen-bond donors (Lipinski definition) is 2. The molecule has 1 aromatic heterocycles. The van der Waals surface area contributed by atoms with Gasteiger partial charge < -0.3 is 10.4 Å². The molecule has 0 fully saturated rings. The Morgan fingerprint density at radius 2 is 2.12 bits per heavy atom. The molecule has 0 aliphatic heterocycles. The number of thiazole rings is 1. The summed E-state index contributed by atoms with van der Waals surface area (Å²) < 4.78 is 0. The highest BCUT2D eigenvalue weighted by Gasteiger charge is 2.24. The third-order valence-electron chi connectivity index (χ3n) is 2.06. The summed E-state index contributed by atoms with van der Waals surface area (Å²) in [4.78, 5) is 26.9. The van der Waals surface area contributed by atoms with Crippen molar-refractivity contribution in [3.05, 3.63) is 16.1 Å². The van der Waals surface area contributed by atoms with Crippen LogP contribution in [0.2, 0.25) is 0 Å². The molecule has 1 aromatic rings. The van der Waals surface area contributed by atoms with Crippen molar-refractivity contribution in [3.63, 3.8) is 0 Å². The summed E-state index contributed by atoms with van der Waals surface area (Å²) in [6, 6.07) is -0.866. The van der Waals surface area contributed by atoms with Crippen LogP contribution in [-0.4, -0.2) is 28.0 Å². The number of aliphatic carboxylic acids is 1. The highest BCUT2D eigenvalue weighted by molar-refractivity contribution is 7.13. The predicted octanol–water partition coefficient (Wildman–Crippen LogP) is 1.29. The van der Waals surface area contributed by atoms with E-state index in [1.165, 1.54) is 17.5 Å². The molecule has 0 aromatic carbocycles. The molecule has 1 heterocycles. The lowest BCUT2D eigenvalue weighted by atomic mass is 10.0. The maximum Gasteiger partial charge on any atom is 0.326 e. The number of carbonyl (C=O) groups excluding carboxylic acids is 1. The van der Waals surface area contributed by atoms with E-state index < -0.39 is 12.0 Å². The van der Waals surface area contributed by atoms with Crippen LogP contribution in [-0.2, 0) is 4.79 Å². The Labute approximate surface area is 97.5 Å². The maximum atomic E-state index is 11.7. The molecule has 16 heavy (non-hydrogen) atoms. The van der Waals surface area contributed by atoms with Gasteiger partial charge in [-0.05, 0) is 12.8 Å².